The maximum absolute atomic E-state index is 6.28. The number of ether oxygens (including phenoxy) is 2. The summed E-state index contributed by atoms with van der Waals surface area (Å²) in [5.74, 6) is 1.44. The van der Waals surface area contributed by atoms with Gasteiger partial charge < -0.3 is 14.8 Å². The first kappa shape index (κ1) is 19.0. The molecule has 26 heavy (non-hydrogen) atoms. The van der Waals surface area contributed by atoms with Gasteiger partial charge in [-0.05, 0) is 23.8 Å². The fraction of sp³-hybridized carbons (Fsp3) is 0.211. The molecule has 4 nitrogen and oxygen atoms in total. The van der Waals surface area contributed by atoms with Gasteiger partial charge in [-0.15, -0.1) is 11.3 Å². The zero-order valence-electron chi connectivity index (χ0n) is 14.4. The maximum Gasteiger partial charge on any atom is 0.161 e. The van der Waals surface area contributed by atoms with Crippen LogP contribution in [0.25, 0.3) is 10.4 Å². The molecule has 3 aromatic rings. The second-order valence-electron chi connectivity index (χ2n) is 5.51. The van der Waals surface area contributed by atoms with E-state index in [4.69, 9.17) is 32.7 Å². The minimum atomic E-state index is 0.547. The van der Waals surface area contributed by atoms with Crippen molar-refractivity contribution in [1.82, 2.24) is 10.3 Å². The quantitative estimate of drug-likeness (QED) is 0.566. The molecule has 0 amide bonds. The van der Waals surface area contributed by atoms with E-state index < -0.39 is 0 Å². The van der Waals surface area contributed by atoms with E-state index in [1.807, 2.05) is 36.5 Å². The van der Waals surface area contributed by atoms with Crippen molar-refractivity contribution in [1.29, 1.82) is 0 Å². The molecule has 0 aliphatic carbocycles. The molecule has 0 spiro atoms. The number of thiazole rings is 1. The highest BCUT2D eigenvalue weighted by Gasteiger charge is 2.10. The molecule has 1 heterocycles. The lowest BCUT2D eigenvalue weighted by Gasteiger charge is -2.09. The molecule has 0 saturated heterocycles. The van der Waals surface area contributed by atoms with Gasteiger partial charge in [-0.1, -0.05) is 41.4 Å². The van der Waals surface area contributed by atoms with Gasteiger partial charge in [0.05, 0.1) is 29.1 Å². The van der Waals surface area contributed by atoms with Gasteiger partial charge in [0.1, 0.15) is 5.01 Å². The molecule has 0 saturated carbocycles. The van der Waals surface area contributed by atoms with Gasteiger partial charge in [0.2, 0.25) is 0 Å². The first-order valence-electron chi connectivity index (χ1n) is 7.93. The standard InChI is InChI=1S/C19H18Cl2N2O2S/c1-24-15-7-6-12(8-16(15)25-2)9-22-11-18-23-10-17(26-18)13-4-3-5-14(20)19(13)21/h3-8,10,22H,9,11H2,1-2H3. The van der Waals surface area contributed by atoms with Crippen LogP contribution in [0.2, 0.25) is 10.0 Å². The lowest BCUT2D eigenvalue weighted by atomic mass is 10.2. The van der Waals surface area contributed by atoms with Crippen LogP contribution in [-0.2, 0) is 13.1 Å². The second-order valence-corrected chi connectivity index (χ2v) is 7.41. The van der Waals surface area contributed by atoms with E-state index in [9.17, 15) is 0 Å². The number of nitrogens with zero attached hydrogens (tertiary/aromatic N) is 1. The number of benzene rings is 2. The van der Waals surface area contributed by atoms with Crippen LogP contribution in [0, 0.1) is 0 Å². The zero-order chi connectivity index (χ0) is 18.5. The number of hydrogen-bond donors (Lipinski definition) is 1. The Morgan fingerprint density at radius 1 is 1.04 bits per heavy atom. The summed E-state index contributed by atoms with van der Waals surface area (Å²) in [7, 11) is 3.26. The largest absolute Gasteiger partial charge is 0.493 e. The number of methoxy groups -OCH3 is 2. The van der Waals surface area contributed by atoms with Crippen LogP contribution in [0.5, 0.6) is 11.5 Å². The van der Waals surface area contributed by atoms with Gasteiger partial charge in [-0.2, -0.15) is 0 Å². The number of halogens is 2. The number of rotatable bonds is 7. The van der Waals surface area contributed by atoms with Crippen LogP contribution < -0.4 is 14.8 Å². The highest BCUT2D eigenvalue weighted by molar-refractivity contribution is 7.15. The van der Waals surface area contributed by atoms with Gasteiger partial charge in [-0.25, -0.2) is 4.98 Å². The Morgan fingerprint density at radius 2 is 1.85 bits per heavy atom. The topological polar surface area (TPSA) is 43.4 Å². The average Bonchev–Trinajstić information content (AvgIpc) is 3.12. The average molecular weight is 409 g/mol. The van der Waals surface area contributed by atoms with Crippen molar-refractivity contribution >= 4 is 34.5 Å². The Bertz CT molecular complexity index is 899. The molecule has 0 atom stereocenters. The Morgan fingerprint density at radius 3 is 2.62 bits per heavy atom. The number of aromatic nitrogens is 1. The molecule has 136 valence electrons. The van der Waals surface area contributed by atoms with E-state index in [0.717, 1.165) is 32.5 Å². The molecule has 2 aromatic carbocycles. The molecule has 0 aliphatic rings. The van der Waals surface area contributed by atoms with Crippen LogP contribution >= 0.6 is 34.5 Å². The van der Waals surface area contributed by atoms with E-state index in [2.05, 4.69) is 10.3 Å². The molecular weight excluding hydrogens is 391 g/mol. The van der Waals surface area contributed by atoms with Gasteiger partial charge >= 0.3 is 0 Å². The van der Waals surface area contributed by atoms with E-state index in [1.165, 1.54) is 0 Å². The summed E-state index contributed by atoms with van der Waals surface area (Å²) >= 11 is 14.0. The third kappa shape index (κ3) is 4.30. The minimum Gasteiger partial charge on any atom is -0.493 e. The van der Waals surface area contributed by atoms with Crippen molar-refractivity contribution in [3.8, 4) is 21.9 Å². The molecular formula is C19H18Cl2N2O2S. The molecule has 0 bridgehead atoms. The molecule has 7 heteroatoms. The normalized spacial score (nSPS) is 10.8. The van der Waals surface area contributed by atoms with Crippen molar-refractivity contribution in [2.45, 2.75) is 13.1 Å². The predicted octanol–water partition coefficient (Wildman–Crippen LogP) is 5.42. The summed E-state index contributed by atoms with van der Waals surface area (Å²) in [6, 6.07) is 11.5. The summed E-state index contributed by atoms with van der Waals surface area (Å²) in [6.07, 6.45) is 1.83. The molecule has 0 unspecified atom stereocenters. The molecule has 3 rings (SSSR count). The third-order valence-corrected chi connectivity index (χ3v) is 5.67. The van der Waals surface area contributed by atoms with Gasteiger partial charge in [0.15, 0.2) is 11.5 Å². The van der Waals surface area contributed by atoms with Gasteiger partial charge in [0, 0.05) is 24.8 Å². The monoisotopic (exact) mass is 408 g/mol. The maximum atomic E-state index is 6.28. The highest BCUT2D eigenvalue weighted by Crippen LogP contribution is 2.36. The molecule has 0 fully saturated rings. The van der Waals surface area contributed by atoms with Gasteiger partial charge in [-0.3, -0.25) is 0 Å². The number of hydrogen-bond acceptors (Lipinski definition) is 5. The predicted molar refractivity (Wildman–Crippen MR) is 108 cm³/mol. The lowest BCUT2D eigenvalue weighted by Crippen LogP contribution is -2.12. The first-order chi connectivity index (χ1) is 12.6. The molecule has 0 radical (unpaired) electrons. The molecule has 0 aliphatic heterocycles. The summed E-state index contributed by atoms with van der Waals surface area (Å²) in [4.78, 5) is 5.47. The van der Waals surface area contributed by atoms with E-state index in [1.54, 1.807) is 31.6 Å². The summed E-state index contributed by atoms with van der Waals surface area (Å²) < 4.78 is 10.6. The van der Waals surface area contributed by atoms with Crippen molar-refractivity contribution in [2.75, 3.05) is 14.2 Å². The summed E-state index contributed by atoms with van der Waals surface area (Å²) in [5, 5.41) is 5.48. The first-order valence-corrected chi connectivity index (χ1v) is 9.50. The Balaban J connectivity index is 1.63. The van der Waals surface area contributed by atoms with Crippen LogP contribution in [0.15, 0.2) is 42.6 Å². The fourth-order valence-electron chi connectivity index (χ4n) is 2.51. The number of nitrogens with one attached hydrogen (secondary N) is 1. The molecule has 1 aromatic heterocycles. The van der Waals surface area contributed by atoms with Crippen LogP contribution in [0.1, 0.15) is 10.6 Å². The van der Waals surface area contributed by atoms with Crippen LogP contribution in [0.4, 0.5) is 0 Å². The van der Waals surface area contributed by atoms with Gasteiger partial charge in [0.25, 0.3) is 0 Å². The summed E-state index contributed by atoms with van der Waals surface area (Å²) in [5.41, 5.74) is 2.01. The third-order valence-electron chi connectivity index (χ3n) is 3.82. The lowest BCUT2D eigenvalue weighted by molar-refractivity contribution is 0.354. The van der Waals surface area contributed by atoms with E-state index in [0.29, 0.717) is 23.1 Å². The Hall–Kier alpha value is -1.79. The highest BCUT2D eigenvalue weighted by atomic mass is 35.5. The zero-order valence-corrected chi connectivity index (χ0v) is 16.7. The smallest absolute Gasteiger partial charge is 0.161 e. The Kier molecular flexibility index (Phi) is 6.38. The van der Waals surface area contributed by atoms with Crippen molar-refractivity contribution in [3.63, 3.8) is 0 Å². The van der Waals surface area contributed by atoms with Crippen molar-refractivity contribution in [2.24, 2.45) is 0 Å². The SMILES string of the molecule is COc1ccc(CNCc2ncc(-c3cccc(Cl)c3Cl)s2)cc1OC. The van der Waals surface area contributed by atoms with Crippen LogP contribution in [0.3, 0.4) is 0 Å². The summed E-state index contributed by atoms with van der Waals surface area (Å²) in [6.45, 7) is 1.37. The fourth-order valence-corrected chi connectivity index (χ4v) is 3.89. The van der Waals surface area contributed by atoms with Crippen molar-refractivity contribution in [3.05, 3.63) is 63.2 Å². The molecule has 1 N–H and O–H groups in total. The van der Waals surface area contributed by atoms with Crippen LogP contribution in [-0.4, -0.2) is 19.2 Å². The van der Waals surface area contributed by atoms with E-state index in [-0.39, 0.29) is 0 Å². The minimum absolute atomic E-state index is 0.547. The van der Waals surface area contributed by atoms with E-state index >= 15 is 0 Å². The Labute approximate surface area is 166 Å². The second kappa shape index (κ2) is 8.73. The van der Waals surface area contributed by atoms with Crippen molar-refractivity contribution < 1.29 is 9.47 Å².